The Labute approximate surface area is 191 Å². The highest BCUT2D eigenvalue weighted by Crippen LogP contribution is 2.44. The van der Waals surface area contributed by atoms with Gasteiger partial charge in [0.05, 0.1) is 22.3 Å². The lowest BCUT2D eigenvalue weighted by Crippen LogP contribution is -2.33. The second-order valence-electron chi connectivity index (χ2n) is 8.16. The Morgan fingerprint density at radius 2 is 1.91 bits per heavy atom. The quantitative estimate of drug-likeness (QED) is 0.598. The summed E-state index contributed by atoms with van der Waals surface area (Å²) in [5.74, 6) is -1.52. The van der Waals surface area contributed by atoms with E-state index < -0.39 is 12.1 Å². The standard InChI is InChI=1S/C20H20N4OS.C2HF3O2/c1-14-9-15(11-21-10-14)18(25)23-6-4-20(13-23)5-7-24-16(12-22-19(20)24)17-3-2-8-26-17;3-2(4,5)1(6)7/h2-3,8-12H,4-7,13H2,1H3;(H,6,7). The molecule has 174 valence electrons. The van der Waals surface area contributed by atoms with Gasteiger partial charge in [0.2, 0.25) is 0 Å². The van der Waals surface area contributed by atoms with Crippen LogP contribution < -0.4 is 0 Å². The van der Waals surface area contributed by atoms with E-state index in [9.17, 15) is 18.0 Å². The number of fused-ring (bicyclic) bond motifs is 2. The number of hydrogen-bond acceptors (Lipinski definition) is 5. The van der Waals surface area contributed by atoms with Crippen molar-refractivity contribution in [2.75, 3.05) is 13.1 Å². The van der Waals surface area contributed by atoms with Gasteiger partial charge in [0.1, 0.15) is 5.82 Å². The van der Waals surface area contributed by atoms with Gasteiger partial charge in [0.15, 0.2) is 0 Å². The number of carbonyl (C=O) groups excluding carboxylic acids is 1. The van der Waals surface area contributed by atoms with Gasteiger partial charge in [0, 0.05) is 37.4 Å². The Balaban J connectivity index is 0.000000325. The maximum Gasteiger partial charge on any atom is 0.490 e. The van der Waals surface area contributed by atoms with Crippen molar-refractivity contribution in [2.45, 2.75) is 37.9 Å². The first-order chi connectivity index (χ1) is 15.6. The van der Waals surface area contributed by atoms with Crippen LogP contribution in [0.25, 0.3) is 10.6 Å². The zero-order chi connectivity index (χ0) is 23.8. The van der Waals surface area contributed by atoms with E-state index in [1.54, 1.807) is 23.7 Å². The van der Waals surface area contributed by atoms with Gasteiger partial charge in [-0.05, 0) is 42.8 Å². The average molecular weight is 478 g/mol. The number of likely N-dealkylation sites (tertiary alicyclic amines) is 1. The smallest absolute Gasteiger partial charge is 0.475 e. The topological polar surface area (TPSA) is 88.3 Å². The summed E-state index contributed by atoms with van der Waals surface area (Å²) in [5, 5.41) is 9.23. The molecule has 5 heterocycles. The van der Waals surface area contributed by atoms with Crippen LogP contribution in [0.5, 0.6) is 0 Å². The van der Waals surface area contributed by atoms with Crippen molar-refractivity contribution in [2.24, 2.45) is 0 Å². The molecule has 1 fully saturated rings. The van der Waals surface area contributed by atoms with Crippen molar-refractivity contribution in [3.63, 3.8) is 0 Å². The number of carboxylic acid groups (broad SMARTS) is 1. The molecule has 0 bridgehead atoms. The van der Waals surface area contributed by atoms with Gasteiger partial charge in [-0.2, -0.15) is 13.2 Å². The number of hydrogen-bond donors (Lipinski definition) is 1. The summed E-state index contributed by atoms with van der Waals surface area (Å²) in [6.45, 7) is 4.49. The fourth-order valence-electron chi connectivity index (χ4n) is 4.37. The molecule has 7 nitrogen and oxygen atoms in total. The number of aromatic nitrogens is 3. The Morgan fingerprint density at radius 1 is 1.18 bits per heavy atom. The molecule has 1 N–H and O–H groups in total. The monoisotopic (exact) mass is 478 g/mol. The predicted molar refractivity (Wildman–Crippen MR) is 115 cm³/mol. The molecule has 0 radical (unpaired) electrons. The summed E-state index contributed by atoms with van der Waals surface area (Å²) in [6, 6.07) is 6.15. The minimum absolute atomic E-state index is 0.00240. The van der Waals surface area contributed by atoms with Crippen molar-refractivity contribution >= 4 is 23.2 Å². The molecule has 1 amide bonds. The van der Waals surface area contributed by atoms with E-state index in [-0.39, 0.29) is 11.3 Å². The number of pyridine rings is 1. The van der Waals surface area contributed by atoms with E-state index in [1.807, 2.05) is 24.1 Å². The number of halogens is 3. The normalized spacial score (nSPS) is 19.3. The molecule has 0 aliphatic carbocycles. The molecule has 1 saturated heterocycles. The number of alkyl halides is 3. The molecule has 11 heteroatoms. The van der Waals surface area contributed by atoms with Gasteiger partial charge >= 0.3 is 12.1 Å². The molecule has 5 rings (SSSR count). The van der Waals surface area contributed by atoms with Gasteiger partial charge in [-0.15, -0.1) is 11.3 Å². The maximum absolute atomic E-state index is 12.9. The number of amides is 1. The van der Waals surface area contributed by atoms with Crippen molar-refractivity contribution in [3.05, 3.63) is 59.1 Å². The largest absolute Gasteiger partial charge is 0.490 e. The lowest BCUT2D eigenvalue weighted by atomic mass is 9.85. The Bertz CT molecular complexity index is 1180. The summed E-state index contributed by atoms with van der Waals surface area (Å²) in [4.78, 5) is 34.0. The first kappa shape index (κ1) is 23.0. The fraction of sp³-hybridized carbons (Fsp3) is 0.364. The van der Waals surface area contributed by atoms with E-state index in [0.29, 0.717) is 5.56 Å². The van der Waals surface area contributed by atoms with Crippen LogP contribution in [0.15, 0.2) is 42.2 Å². The molecule has 3 aromatic heterocycles. The summed E-state index contributed by atoms with van der Waals surface area (Å²) in [5.41, 5.74) is 2.91. The molecule has 1 unspecified atom stereocenters. The molecule has 0 aromatic carbocycles. The zero-order valence-electron chi connectivity index (χ0n) is 17.7. The molecule has 1 spiro atoms. The molecular weight excluding hydrogens is 457 g/mol. The number of thiophene rings is 1. The molecule has 2 aliphatic heterocycles. The Hall–Kier alpha value is -3.21. The molecule has 33 heavy (non-hydrogen) atoms. The summed E-state index contributed by atoms with van der Waals surface area (Å²) in [7, 11) is 0. The lowest BCUT2D eigenvalue weighted by molar-refractivity contribution is -0.192. The van der Waals surface area contributed by atoms with Gasteiger partial charge < -0.3 is 14.6 Å². The van der Waals surface area contributed by atoms with E-state index in [1.165, 1.54) is 10.6 Å². The van der Waals surface area contributed by atoms with Crippen LogP contribution in [0.4, 0.5) is 13.2 Å². The number of rotatable bonds is 2. The van der Waals surface area contributed by atoms with Crippen molar-refractivity contribution < 1.29 is 27.9 Å². The second kappa shape index (κ2) is 8.62. The minimum Gasteiger partial charge on any atom is -0.475 e. The van der Waals surface area contributed by atoms with E-state index in [4.69, 9.17) is 14.9 Å². The van der Waals surface area contributed by atoms with Gasteiger partial charge in [-0.1, -0.05) is 6.07 Å². The van der Waals surface area contributed by atoms with Crippen molar-refractivity contribution in [1.29, 1.82) is 0 Å². The van der Waals surface area contributed by atoms with Crippen molar-refractivity contribution in [1.82, 2.24) is 19.4 Å². The fourth-order valence-corrected chi connectivity index (χ4v) is 5.12. The third kappa shape index (κ3) is 4.50. The van der Waals surface area contributed by atoms with Crippen LogP contribution in [-0.2, 0) is 16.8 Å². The molecule has 0 saturated carbocycles. The molecule has 1 atom stereocenters. The number of carboxylic acids is 1. The second-order valence-corrected chi connectivity index (χ2v) is 9.10. The highest BCUT2D eigenvalue weighted by atomic mass is 32.1. The van der Waals surface area contributed by atoms with Crippen molar-refractivity contribution in [3.8, 4) is 10.6 Å². The van der Waals surface area contributed by atoms with Crippen LogP contribution >= 0.6 is 11.3 Å². The Morgan fingerprint density at radius 3 is 2.55 bits per heavy atom. The summed E-state index contributed by atoms with van der Waals surface area (Å²) in [6.07, 6.45) is 2.41. The van der Waals surface area contributed by atoms with E-state index in [0.717, 1.165) is 43.9 Å². The van der Waals surface area contributed by atoms with E-state index >= 15 is 0 Å². The SMILES string of the molecule is Cc1cncc(C(=O)N2CCC3(CCn4c(-c5cccs5)cnc43)C2)c1.O=C(O)C(F)(F)F. The van der Waals surface area contributed by atoms with Crippen LogP contribution in [0.1, 0.15) is 34.6 Å². The number of carbonyl (C=O) groups is 2. The van der Waals surface area contributed by atoms with Gasteiger partial charge in [-0.25, -0.2) is 9.78 Å². The highest BCUT2D eigenvalue weighted by Gasteiger charge is 2.48. The third-order valence-electron chi connectivity index (χ3n) is 5.92. The average Bonchev–Trinajstić information content (AvgIpc) is 3.54. The Kier molecular flexibility index (Phi) is 6.00. The van der Waals surface area contributed by atoms with Crippen LogP contribution in [0.3, 0.4) is 0 Å². The summed E-state index contributed by atoms with van der Waals surface area (Å²) >= 11 is 1.75. The first-order valence-corrected chi connectivity index (χ1v) is 11.1. The van der Waals surface area contributed by atoms with Crippen LogP contribution in [-0.4, -0.2) is 55.7 Å². The molecule has 2 aliphatic rings. The molecular formula is C22H21F3N4O3S. The van der Waals surface area contributed by atoms with Crippen LogP contribution in [0, 0.1) is 6.92 Å². The molecule has 3 aromatic rings. The lowest BCUT2D eigenvalue weighted by Gasteiger charge is -2.22. The first-order valence-electron chi connectivity index (χ1n) is 10.2. The number of aryl methyl sites for hydroxylation is 1. The number of nitrogens with zero attached hydrogens (tertiary/aromatic N) is 4. The predicted octanol–water partition coefficient (Wildman–Crippen LogP) is 4.14. The summed E-state index contributed by atoms with van der Waals surface area (Å²) < 4.78 is 34.1. The number of aliphatic carboxylic acids is 1. The third-order valence-corrected chi connectivity index (χ3v) is 6.82. The maximum atomic E-state index is 12.9. The van der Waals surface area contributed by atoms with Crippen LogP contribution in [0.2, 0.25) is 0 Å². The minimum atomic E-state index is -5.08. The highest BCUT2D eigenvalue weighted by molar-refractivity contribution is 7.13. The van der Waals surface area contributed by atoms with Gasteiger partial charge in [0.25, 0.3) is 5.91 Å². The zero-order valence-corrected chi connectivity index (χ0v) is 18.5. The van der Waals surface area contributed by atoms with E-state index in [2.05, 4.69) is 27.1 Å². The van der Waals surface area contributed by atoms with Gasteiger partial charge in [-0.3, -0.25) is 9.78 Å². The number of imidazole rings is 1.